The molecule has 0 heterocycles. The Bertz CT molecular complexity index is 542. The number of aliphatic imine (C=N–C) groups is 2. The van der Waals surface area contributed by atoms with Gasteiger partial charge in [0.15, 0.2) is 0 Å². The van der Waals surface area contributed by atoms with Crippen molar-refractivity contribution in [1.29, 1.82) is 0 Å². The Balaban J connectivity index is 3.04. The summed E-state index contributed by atoms with van der Waals surface area (Å²) in [4.78, 5) is 7.38. The van der Waals surface area contributed by atoms with E-state index in [1.54, 1.807) is 0 Å². The second-order valence-corrected chi connectivity index (χ2v) is 12.9. The van der Waals surface area contributed by atoms with E-state index in [1.165, 1.54) is 114 Å². The summed E-state index contributed by atoms with van der Waals surface area (Å²) in [5.74, 6) is 2.63. The molecule has 0 fully saturated rings. The van der Waals surface area contributed by atoms with Crippen molar-refractivity contribution < 1.29 is 18.9 Å². The lowest BCUT2D eigenvalue weighted by molar-refractivity contribution is 0.0494. The van der Waals surface area contributed by atoms with Crippen LogP contribution in [0.4, 0.5) is 0 Å². The summed E-state index contributed by atoms with van der Waals surface area (Å²) in [6.07, 6.45) is 24.1. The number of nitrogens with zero attached hydrogens (tertiary/aromatic N) is 2. The number of hydrogen-bond acceptors (Lipinski definition) is 10. The lowest BCUT2D eigenvalue weighted by Crippen LogP contribution is -2.05. The second kappa shape index (κ2) is 39.1. The zero-order chi connectivity index (χ0) is 28.9. The highest BCUT2D eigenvalue weighted by Gasteiger charge is 1.97. The Hall–Kier alpha value is 0.140. The molecule has 0 rings (SSSR count). The van der Waals surface area contributed by atoms with E-state index >= 15 is 0 Å². The molecule has 0 saturated carbocycles. The molecule has 40 heavy (non-hydrogen) atoms. The van der Waals surface area contributed by atoms with Gasteiger partial charge >= 0.3 is 0 Å². The molecule has 0 aliphatic rings. The Morgan fingerprint density at radius 2 is 0.675 bits per heavy atom. The van der Waals surface area contributed by atoms with Gasteiger partial charge in [0, 0.05) is 24.7 Å². The molecule has 0 aromatic heterocycles. The third-order valence-corrected chi connectivity index (χ3v) is 9.14. The van der Waals surface area contributed by atoms with Gasteiger partial charge in [-0.2, -0.15) is 0 Å². The number of hydrogen-bond donors (Lipinski definition) is 0. The monoisotopic (exact) mass is 636 g/mol. The van der Waals surface area contributed by atoms with E-state index < -0.39 is 0 Å². The quantitative estimate of drug-likeness (QED) is 0.0295. The molecule has 0 aromatic rings. The van der Waals surface area contributed by atoms with Crippen molar-refractivity contribution in [3.8, 4) is 0 Å². The fourth-order valence-corrected chi connectivity index (χ4v) is 6.44. The number of ether oxygens (including phenoxy) is 4. The third kappa shape index (κ3) is 38.1. The van der Waals surface area contributed by atoms with E-state index in [4.69, 9.17) is 18.9 Å². The van der Waals surface area contributed by atoms with Crippen molar-refractivity contribution in [2.24, 2.45) is 9.98 Å². The van der Waals surface area contributed by atoms with Crippen molar-refractivity contribution in [1.82, 2.24) is 0 Å². The smallest absolute Gasteiger partial charge is 0.147 e. The van der Waals surface area contributed by atoms with Crippen molar-refractivity contribution in [2.75, 3.05) is 64.6 Å². The zero-order valence-corrected chi connectivity index (χ0v) is 28.2. The molecule has 0 atom stereocenters. The Morgan fingerprint density at radius 1 is 0.375 bits per heavy atom. The minimum absolute atomic E-state index is 0.289. The SMILES string of the molecule is S=C=NCOCCOCCCCCCCCCCCSSCCCCCCCCCCCOCCOCN=C=S. The maximum Gasteiger partial charge on any atom is 0.147 e. The molecular weight excluding hydrogens is 581 g/mol. The van der Waals surface area contributed by atoms with Crippen LogP contribution >= 0.6 is 46.0 Å². The molecule has 0 radical (unpaired) electrons. The fraction of sp³-hybridized carbons (Fsp3) is 0.933. The minimum atomic E-state index is 0.289. The van der Waals surface area contributed by atoms with Gasteiger partial charge < -0.3 is 18.9 Å². The van der Waals surface area contributed by atoms with Crippen LogP contribution in [0.2, 0.25) is 0 Å². The van der Waals surface area contributed by atoms with Crippen LogP contribution in [0, 0.1) is 0 Å². The van der Waals surface area contributed by atoms with Crippen molar-refractivity contribution in [2.45, 2.75) is 116 Å². The molecule has 0 unspecified atom stereocenters. The number of isothiocyanates is 2. The normalized spacial score (nSPS) is 10.9. The maximum atomic E-state index is 5.55. The van der Waals surface area contributed by atoms with Gasteiger partial charge in [-0.3, -0.25) is 0 Å². The largest absolute Gasteiger partial charge is 0.379 e. The van der Waals surface area contributed by atoms with E-state index in [-0.39, 0.29) is 13.5 Å². The highest BCUT2D eigenvalue weighted by Crippen LogP contribution is 2.25. The van der Waals surface area contributed by atoms with Crippen LogP contribution in [0.15, 0.2) is 9.98 Å². The Kier molecular flexibility index (Phi) is 39.3. The van der Waals surface area contributed by atoms with Crippen LogP contribution in [0.25, 0.3) is 0 Å². The molecule has 0 N–H and O–H groups in total. The van der Waals surface area contributed by atoms with Gasteiger partial charge in [-0.25, -0.2) is 9.98 Å². The first-order chi connectivity index (χ1) is 19.9. The Morgan fingerprint density at radius 3 is 1.02 bits per heavy atom. The molecule has 10 heteroatoms. The zero-order valence-electron chi connectivity index (χ0n) is 25.0. The summed E-state index contributed by atoms with van der Waals surface area (Å²) < 4.78 is 21.5. The van der Waals surface area contributed by atoms with E-state index in [9.17, 15) is 0 Å². The van der Waals surface area contributed by atoms with E-state index in [0.717, 1.165) is 26.1 Å². The van der Waals surface area contributed by atoms with Crippen molar-refractivity contribution >= 4 is 56.3 Å². The second-order valence-electron chi connectivity index (χ2n) is 9.81. The van der Waals surface area contributed by atoms with E-state index in [2.05, 4.69) is 66.3 Å². The van der Waals surface area contributed by atoms with Gasteiger partial charge in [0.1, 0.15) is 13.5 Å². The molecule has 0 aliphatic heterocycles. The minimum Gasteiger partial charge on any atom is -0.379 e. The van der Waals surface area contributed by atoms with Gasteiger partial charge in [-0.05, 0) is 50.1 Å². The molecule has 234 valence electrons. The van der Waals surface area contributed by atoms with E-state index in [1.807, 2.05) is 0 Å². The first-order valence-electron chi connectivity index (χ1n) is 15.5. The molecule has 0 aromatic carbocycles. The van der Waals surface area contributed by atoms with Crippen LogP contribution in [-0.4, -0.2) is 74.9 Å². The summed E-state index contributed by atoms with van der Waals surface area (Å²) in [5, 5.41) is 4.56. The molecule has 0 saturated heterocycles. The molecule has 0 bridgehead atoms. The Labute approximate surface area is 264 Å². The van der Waals surface area contributed by atoms with Gasteiger partial charge in [0.25, 0.3) is 0 Å². The predicted molar refractivity (Wildman–Crippen MR) is 181 cm³/mol. The number of thiocarbonyl (C=S) groups is 2. The summed E-state index contributed by atoms with van der Waals surface area (Å²) >= 11 is 8.95. The summed E-state index contributed by atoms with van der Waals surface area (Å²) in [6.45, 7) is 4.65. The van der Waals surface area contributed by atoms with Crippen molar-refractivity contribution in [3.05, 3.63) is 0 Å². The molecule has 0 amide bonds. The third-order valence-electron chi connectivity index (χ3n) is 6.30. The summed E-state index contributed by atoms with van der Waals surface area (Å²) in [5.41, 5.74) is 0. The summed E-state index contributed by atoms with van der Waals surface area (Å²) in [6, 6.07) is 0. The number of unbranched alkanes of at least 4 members (excludes halogenated alkanes) is 16. The lowest BCUT2D eigenvalue weighted by Gasteiger charge is -2.05. The van der Waals surface area contributed by atoms with Crippen LogP contribution in [-0.2, 0) is 18.9 Å². The highest BCUT2D eigenvalue weighted by atomic mass is 33.1. The van der Waals surface area contributed by atoms with E-state index in [0.29, 0.717) is 26.4 Å². The first-order valence-corrected chi connectivity index (χ1v) is 18.8. The molecule has 0 spiro atoms. The van der Waals surface area contributed by atoms with Gasteiger partial charge in [-0.15, -0.1) is 0 Å². The number of rotatable bonds is 35. The van der Waals surface area contributed by atoms with Crippen LogP contribution < -0.4 is 0 Å². The molecule has 0 aliphatic carbocycles. The molecular formula is C30H56N2O4S4. The fourth-order valence-electron chi connectivity index (χ4n) is 4.04. The van der Waals surface area contributed by atoms with Gasteiger partial charge in [-0.1, -0.05) is 111 Å². The maximum absolute atomic E-state index is 5.55. The van der Waals surface area contributed by atoms with Crippen LogP contribution in [0.1, 0.15) is 116 Å². The van der Waals surface area contributed by atoms with Crippen LogP contribution in [0.3, 0.4) is 0 Å². The average Bonchev–Trinajstić information content (AvgIpc) is 2.97. The van der Waals surface area contributed by atoms with Gasteiger partial charge in [0.2, 0.25) is 0 Å². The van der Waals surface area contributed by atoms with Crippen LogP contribution in [0.5, 0.6) is 0 Å². The van der Waals surface area contributed by atoms with Gasteiger partial charge in [0.05, 0.1) is 36.8 Å². The molecule has 6 nitrogen and oxygen atoms in total. The topological polar surface area (TPSA) is 61.6 Å². The highest BCUT2D eigenvalue weighted by molar-refractivity contribution is 8.76. The van der Waals surface area contributed by atoms with Crippen molar-refractivity contribution in [3.63, 3.8) is 0 Å². The standard InChI is InChI=1S/C30H56N2O4S4/c37-29-31-27-35-23-21-33-19-15-11-7-3-1-5-9-13-17-25-39-40-26-18-14-10-6-2-4-8-12-16-20-34-22-24-36-28-32-30-38/h1-28H2. The first kappa shape index (κ1) is 40.1. The lowest BCUT2D eigenvalue weighted by atomic mass is 10.1. The summed E-state index contributed by atoms with van der Waals surface area (Å²) in [7, 11) is 4.17. The average molecular weight is 637 g/mol. The predicted octanol–water partition coefficient (Wildman–Crippen LogP) is 9.58.